The van der Waals surface area contributed by atoms with E-state index in [4.69, 9.17) is 16.8 Å². The lowest BCUT2D eigenvalue weighted by Crippen LogP contribution is -2.05. The predicted octanol–water partition coefficient (Wildman–Crippen LogP) is 6.24. The van der Waals surface area contributed by atoms with E-state index < -0.39 is 26.0 Å². The number of benzene rings is 1. The first-order chi connectivity index (χ1) is 17.0. The summed E-state index contributed by atoms with van der Waals surface area (Å²) >= 11 is 5.58. The van der Waals surface area contributed by atoms with Crippen LogP contribution in [0, 0.1) is 0 Å². The summed E-state index contributed by atoms with van der Waals surface area (Å²) in [5, 5.41) is 0. The molecule has 0 saturated heterocycles. The van der Waals surface area contributed by atoms with Gasteiger partial charge < -0.3 is 4.98 Å². The quantitative estimate of drug-likeness (QED) is 0.104. The number of rotatable bonds is 19. The minimum atomic E-state index is -4.42. The van der Waals surface area contributed by atoms with Crippen molar-refractivity contribution >= 4 is 48.4 Å². The molecule has 2 rings (SSSR count). The van der Waals surface area contributed by atoms with Gasteiger partial charge in [0.1, 0.15) is 5.82 Å². The third-order valence-corrected chi connectivity index (χ3v) is 8.23. The van der Waals surface area contributed by atoms with Crippen molar-refractivity contribution in [3.63, 3.8) is 0 Å². The van der Waals surface area contributed by atoms with Crippen LogP contribution in [0.5, 0.6) is 0 Å². The number of aromatic nitrogens is 2. The fraction of sp³-hybridized carbons (Fsp3) is 0.680. The minimum Gasteiger partial charge on any atom is -0.342 e. The van der Waals surface area contributed by atoms with Gasteiger partial charge in [0, 0.05) is 12.8 Å². The third-order valence-electron chi connectivity index (χ3n) is 6.25. The summed E-state index contributed by atoms with van der Waals surface area (Å²) in [6.45, 7) is 2.23. The molecule has 0 bridgehead atoms. The van der Waals surface area contributed by atoms with Gasteiger partial charge in [-0.2, -0.15) is 16.8 Å². The summed E-state index contributed by atoms with van der Waals surface area (Å²) in [7, 11) is -8.49. The number of H-pyrrole nitrogens is 1. The van der Waals surface area contributed by atoms with Gasteiger partial charge in [0.2, 0.25) is 0 Å². The van der Waals surface area contributed by atoms with Crippen LogP contribution in [0.2, 0.25) is 0 Å². The van der Waals surface area contributed by atoms with Gasteiger partial charge in [0.25, 0.3) is 20.2 Å². The minimum absolute atomic E-state index is 0.163. The highest BCUT2D eigenvalue weighted by Gasteiger charge is 2.17. The zero-order valence-electron chi connectivity index (χ0n) is 21.2. The molecule has 1 heterocycles. The number of nitrogens with one attached hydrogen (secondary N) is 1. The van der Waals surface area contributed by atoms with Gasteiger partial charge in [-0.1, -0.05) is 83.3 Å². The second kappa shape index (κ2) is 15.1. The summed E-state index contributed by atoms with van der Waals surface area (Å²) < 4.78 is 64.0. The van der Waals surface area contributed by atoms with Crippen molar-refractivity contribution < 1.29 is 25.9 Å². The molecule has 0 aliphatic carbocycles. The molecule has 0 amide bonds. The van der Waals surface area contributed by atoms with E-state index in [9.17, 15) is 21.4 Å². The van der Waals surface area contributed by atoms with Crippen molar-refractivity contribution in [2.24, 2.45) is 0 Å². The topological polar surface area (TPSA) is 137 Å². The molecular formula is C25H40N2O6S3. The number of hydrogen-bond donors (Lipinski definition) is 3. The molecule has 0 unspecified atom stereocenters. The van der Waals surface area contributed by atoms with Crippen molar-refractivity contribution in [3.8, 4) is 0 Å². The predicted molar refractivity (Wildman–Crippen MR) is 148 cm³/mol. The summed E-state index contributed by atoms with van der Waals surface area (Å²) in [5.41, 5.74) is 1.58. The fourth-order valence-corrected chi connectivity index (χ4v) is 5.69. The van der Waals surface area contributed by atoms with E-state index in [-0.39, 0.29) is 17.7 Å². The Morgan fingerprint density at radius 2 is 1.47 bits per heavy atom. The van der Waals surface area contributed by atoms with E-state index >= 15 is 0 Å². The number of fused-ring (bicyclic) bond motifs is 1. The van der Waals surface area contributed by atoms with E-state index in [1.54, 1.807) is 0 Å². The van der Waals surface area contributed by atoms with Gasteiger partial charge in [-0.05, 0) is 41.8 Å². The van der Waals surface area contributed by atoms with Crippen LogP contribution in [0.3, 0.4) is 0 Å². The molecule has 0 radical (unpaired) electrons. The van der Waals surface area contributed by atoms with Crippen molar-refractivity contribution in [1.82, 2.24) is 9.97 Å². The smallest absolute Gasteiger partial charge is 0.294 e. The van der Waals surface area contributed by atoms with Gasteiger partial charge >= 0.3 is 0 Å². The van der Waals surface area contributed by atoms with Gasteiger partial charge in [0.05, 0.1) is 21.7 Å². The first-order valence-corrected chi connectivity index (χ1v) is 16.4. The third kappa shape index (κ3) is 11.8. The Labute approximate surface area is 221 Å². The lowest BCUT2D eigenvalue weighted by molar-refractivity contribution is 0.479. The summed E-state index contributed by atoms with van der Waals surface area (Å²) in [6.07, 6.45) is 15.3. The number of aryl methyl sites for hydroxylation is 1. The molecule has 0 saturated carbocycles. The first-order valence-electron chi connectivity index (χ1n) is 13.0. The number of hydrogen-bond acceptors (Lipinski definition) is 6. The van der Waals surface area contributed by atoms with Gasteiger partial charge in [-0.25, -0.2) is 4.98 Å². The number of thiocarbonyl (C=S) groups is 1. The summed E-state index contributed by atoms with van der Waals surface area (Å²) in [5.74, 6) is 0.0783. The first kappa shape index (κ1) is 30.8. The maximum Gasteiger partial charge on any atom is 0.294 e. The SMILES string of the molecule is CCCCCCCCCCCCCC(=S)Cc1cc(S(=O)(=O)O)cc2[nH]c(CCCS(=O)(=O)O)nc12. The van der Waals surface area contributed by atoms with E-state index in [0.717, 1.165) is 24.1 Å². The van der Waals surface area contributed by atoms with Crippen LogP contribution in [0.15, 0.2) is 17.0 Å². The molecule has 0 aliphatic rings. The van der Waals surface area contributed by atoms with Gasteiger partial charge in [0.15, 0.2) is 0 Å². The van der Waals surface area contributed by atoms with Crippen LogP contribution >= 0.6 is 12.2 Å². The molecule has 36 heavy (non-hydrogen) atoms. The van der Waals surface area contributed by atoms with Crippen LogP contribution in [0.25, 0.3) is 11.0 Å². The summed E-state index contributed by atoms with van der Waals surface area (Å²) in [4.78, 5) is 8.06. The molecule has 204 valence electrons. The van der Waals surface area contributed by atoms with Crippen LogP contribution in [0.4, 0.5) is 0 Å². The van der Waals surface area contributed by atoms with Gasteiger partial charge in [-0.15, -0.1) is 0 Å². The summed E-state index contributed by atoms with van der Waals surface area (Å²) in [6, 6.07) is 2.70. The average molecular weight is 561 g/mol. The molecular weight excluding hydrogens is 520 g/mol. The highest BCUT2D eigenvalue weighted by atomic mass is 32.2. The number of imidazole rings is 1. The fourth-order valence-electron chi connectivity index (χ4n) is 4.32. The molecule has 0 atom stereocenters. The molecule has 8 nitrogen and oxygen atoms in total. The lowest BCUT2D eigenvalue weighted by Gasteiger charge is -2.07. The van der Waals surface area contributed by atoms with Gasteiger partial charge in [-0.3, -0.25) is 9.11 Å². The average Bonchev–Trinajstić information content (AvgIpc) is 3.19. The zero-order chi connectivity index (χ0) is 26.6. The van der Waals surface area contributed by atoms with Crippen molar-refractivity contribution in [2.75, 3.05) is 5.75 Å². The van der Waals surface area contributed by atoms with Crippen LogP contribution in [0.1, 0.15) is 102 Å². The van der Waals surface area contributed by atoms with E-state index in [1.807, 2.05) is 0 Å². The molecule has 1 aromatic carbocycles. The van der Waals surface area contributed by atoms with Crippen LogP contribution in [-0.2, 0) is 33.1 Å². The standard InChI is InChI=1S/C25H40N2O6S3/c1-2-3-4-5-6-7-8-9-10-11-12-14-21(34)17-20-18-22(36(31,32)33)19-23-25(20)27-24(26-23)15-13-16-35(28,29)30/h18-19H,2-17H2,1H3,(H,26,27)(H,28,29,30)(H,31,32,33). The second-order valence-electron chi connectivity index (χ2n) is 9.53. The Morgan fingerprint density at radius 3 is 2.03 bits per heavy atom. The Hall–Kier alpha value is -1.40. The van der Waals surface area contributed by atoms with E-state index in [2.05, 4.69) is 16.9 Å². The van der Waals surface area contributed by atoms with Crippen molar-refractivity contribution in [1.29, 1.82) is 0 Å². The monoisotopic (exact) mass is 560 g/mol. The molecule has 11 heteroatoms. The highest BCUT2D eigenvalue weighted by Crippen LogP contribution is 2.24. The Balaban J connectivity index is 1.89. The second-order valence-corrected chi connectivity index (χ2v) is 13.1. The number of nitrogens with zero attached hydrogens (tertiary/aromatic N) is 1. The van der Waals surface area contributed by atoms with Crippen LogP contribution in [-0.4, -0.2) is 46.5 Å². The Kier molecular flexibility index (Phi) is 12.9. The maximum absolute atomic E-state index is 11.8. The molecule has 3 N–H and O–H groups in total. The molecule has 1 aromatic heterocycles. The van der Waals surface area contributed by atoms with E-state index in [0.29, 0.717) is 28.8 Å². The normalized spacial score (nSPS) is 12.4. The number of unbranched alkanes of at least 4 members (excludes halogenated alkanes) is 10. The van der Waals surface area contributed by atoms with Crippen LogP contribution < -0.4 is 0 Å². The largest absolute Gasteiger partial charge is 0.342 e. The highest BCUT2D eigenvalue weighted by molar-refractivity contribution is 7.86. The van der Waals surface area contributed by atoms with Crippen molar-refractivity contribution in [2.45, 2.75) is 108 Å². The Bertz CT molecular complexity index is 1190. The molecule has 2 aromatic rings. The van der Waals surface area contributed by atoms with Crippen molar-refractivity contribution in [3.05, 3.63) is 23.5 Å². The zero-order valence-corrected chi connectivity index (χ0v) is 23.6. The maximum atomic E-state index is 11.8. The molecule has 0 aliphatic heterocycles. The molecule has 0 spiro atoms. The number of aromatic amines is 1. The van der Waals surface area contributed by atoms with E-state index in [1.165, 1.54) is 69.9 Å². The lowest BCUT2D eigenvalue weighted by atomic mass is 10.0. The molecule has 0 fully saturated rings. The Morgan fingerprint density at radius 1 is 0.889 bits per heavy atom.